The van der Waals surface area contributed by atoms with Gasteiger partial charge < -0.3 is 14.8 Å². The number of carbonyl (C=O) groups excluding carboxylic acids is 1. The van der Waals surface area contributed by atoms with E-state index in [2.05, 4.69) is 26.0 Å². The van der Waals surface area contributed by atoms with Gasteiger partial charge >= 0.3 is 0 Å². The number of carbonyl (C=O) groups is 1. The van der Waals surface area contributed by atoms with Gasteiger partial charge in [-0.15, -0.1) is 0 Å². The first-order chi connectivity index (χ1) is 17.3. The van der Waals surface area contributed by atoms with E-state index in [4.69, 9.17) is 9.47 Å². The number of aromatic nitrogens is 3. The van der Waals surface area contributed by atoms with Gasteiger partial charge in [-0.3, -0.25) is 9.52 Å². The smallest absolute Gasteiger partial charge is 0.264 e. The zero-order chi connectivity index (χ0) is 25.3. The van der Waals surface area contributed by atoms with Crippen LogP contribution in [-0.2, 0) is 14.4 Å². The molecule has 1 saturated heterocycles. The molecule has 3 heterocycles. The minimum atomic E-state index is -3.06. The first kappa shape index (κ1) is 23.8. The number of fused-ring (bicyclic) bond motifs is 1. The number of aryl methyl sites for hydroxylation is 1. The molecule has 11 heteroatoms. The molecule has 1 amide bonds. The molecule has 0 radical (unpaired) electrons. The van der Waals surface area contributed by atoms with Crippen molar-refractivity contribution in [3.8, 4) is 5.75 Å². The molecule has 2 atom stereocenters. The third-order valence-electron chi connectivity index (χ3n) is 5.83. The molecule has 1 aliphatic rings. The highest BCUT2D eigenvalue weighted by Gasteiger charge is 2.23. The Balaban J connectivity index is 1.46. The third kappa shape index (κ3) is 4.75. The van der Waals surface area contributed by atoms with Crippen LogP contribution in [0.15, 0.2) is 66.0 Å². The van der Waals surface area contributed by atoms with E-state index >= 15 is 0 Å². The van der Waals surface area contributed by atoms with E-state index < -0.39 is 21.4 Å². The van der Waals surface area contributed by atoms with Crippen molar-refractivity contribution < 1.29 is 22.9 Å². The van der Waals surface area contributed by atoms with Crippen molar-refractivity contribution in [2.45, 2.75) is 24.3 Å². The summed E-state index contributed by atoms with van der Waals surface area (Å²) in [6.07, 6.45) is 3.40. The predicted octanol–water partition coefficient (Wildman–Crippen LogP) is 3.51. The molecular weight excluding hydrogens is 485 g/mol. The molecule has 2 aromatic carbocycles. The molecule has 1 fully saturated rings. The predicted molar refractivity (Wildman–Crippen MR) is 135 cm³/mol. The first-order valence-electron chi connectivity index (χ1n) is 11.2. The number of nitrogens with one attached hydrogen (secondary N) is 2. The number of hydrogen-bond donors (Lipinski definition) is 2. The highest BCUT2D eigenvalue weighted by atomic mass is 32.2. The van der Waals surface area contributed by atoms with Crippen LogP contribution in [0.2, 0.25) is 0 Å². The Hall–Kier alpha value is -3.96. The Kier molecular flexibility index (Phi) is 6.33. The minimum Gasteiger partial charge on any atom is -0.486 e. The normalized spacial score (nSPS) is 17.0. The summed E-state index contributed by atoms with van der Waals surface area (Å²) in [6.45, 7) is 2.76. The maximum absolute atomic E-state index is 14.0. The van der Waals surface area contributed by atoms with Gasteiger partial charge in [0.15, 0.2) is 5.82 Å². The molecule has 0 bridgehead atoms. The van der Waals surface area contributed by atoms with Gasteiger partial charge in [-0.1, -0.05) is 18.2 Å². The summed E-state index contributed by atoms with van der Waals surface area (Å²) in [5.41, 5.74) is 1.86. The summed E-state index contributed by atoms with van der Waals surface area (Å²) in [6, 6.07) is 12.7. The van der Waals surface area contributed by atoms with Crippen molar-refractivity contribution in [3.63, 3.8) is 0 Å². The van der Waals surface area contributed by atoms with Crippen molar-refractivity contribution in [2.24, 2.45) is 0 Å². The number of benzene rings is 2. The van der Waals surface area contributed by atoms with E-state index in [9.17, 15) is 13.4 Å². The summed E-state index contributed by atoms with van der Waals surface area (Å²) >= 11 is 0. The lowest BCUT2D eigenvalue weighted by Gasteiger charge is -2.17. The molecule has 2 N–H and O–H groups in total. The molecule has 0 spiro atoms. The summed E-state index contributed by atoms with van der Waals surface area (Å²) in [7, 11) is -3.06. The van der Waals surface area contributed by atoms with E-state index in [0.717, 1.165) is 0 Å². The van der Waals surface area contributed by atoms with Gasteiger partial charge in [-0.25, -0.2) is 18.1 Å². The highest BCUT2D eigenvalue weighted by Crippen LogP contribution is 2.32. The first-order valence-corrected chi connectivity index (χ1v) is 12.9. The standard InChI is InChI=1S/C25H24FN5O4S/c1-16-20(25(32)30-36(2,33)19-6-4-3-5-7-19)13-31-23(16)24(27-15-28-31)29-21-9-8-17(26)12-22(21)35-18-10-11-34-14-18/h3-9,12-13,15,18H,2,10-11,14H2,1H3,(H,27,28,29)(H,30,32,33). The van der Waals surface area contributed by atoms with Gasteiger partial charge in [0.2, 0.25) is 0 Å². The highest BCUT2D eigenvalue weighted by molar-refractivity contribution is 7.99. The number of ether oxygens (including phenoxy) is 2. The van der Waals surface area contributed by atoms with Crippen LogP contribution in [0.5, 0.6) is 5.75 Å². The average molecular weight is 510 g/mol. The number of halogens is 1. The van der Waals surface area contributed by atoms with Crippen LogP contribution in [0, 0.1) is 12.7 Å². The van der Waals surface area contributed by atoms with Crippen LogP contribution in [-0.4, -0.2) is 49.9 Å². The second-order valence-corrected chi connectivity index (χ2v) is 10.4. The molecule has 36 heavy (non-hydrogen) atoms. The van der Waals surface area contributed by atoms with Crippen molar-refractivity contribution in [3.05, 3.63) is 78.0 Å². The van der Waals surface area contributed by atoms with Crippen LogP contribution < -0.4 is 14.8 Å². The van der Waals surface area contributed by atoms with Crippen molar-refractivity contribution in [2.75, 3.05) is 18.5 Å². The lowest BCUT2D eigenvalue weighted by molar-refractivity contribution is 0.0982. The Labute approximate surface area is 207 Å². The van der Waals surface area contributed by atoms with Crippen molar-refractivity contribution >= 4 is 38.5 Å². The third-order valence-corrected chi connectivity index (χ3v) is 7.38. The molecule has 9 nitrogen and oxygen atoms in total. The van der Waals surface area contributed by atoms with Gasteiger partial charge in [0.05, 0.1) is 34.2 Å². The van der Waals surface area contributed by atoms with E-state index in [1.807, 2.05) is 0 Å². The maximum atomic E-state index is 14.0. The van der Waals surface area contributed by atoms with E-state index in [1.165, 1.54) is 29.2 Å². The van der Waals surface area contributed by atoms with Crippen LogP contribution >= 0.6 is 0 Å². The van der Waals surface area contributed by atoms with Crippen molar-refractivity contribution in [1.29, 1.82) is 0 Å². The number of rotatable bonds is 7. The fourth-order valence-corrected chi connectivity index (χ4v) is 5.12. The van der Waals surface area contributed by atoms with Crippen LogP contribution in [0.3, 0.4) is 0 Å². The second kappa shape index (κ2) is 9.59. The Morgan fingerprint density at radius 3 is 2.83 bits per heavy atom. The molecule has 186 valence electrons. The lowest BCUT2D eigenvalue weighted by Crippen LogP contribution is -2.30. The zero-order valence-electron chi connectivity index (χ0n) is 19.4. The summed E-state index contributed by atoms with van der Waals surface area (Å²) in [5.74, 6) is 3.44. The molecule has 2 aromatic heterocycles. The number of hydrogen-bond acceptors (Lipinski definition) is 7. The van der Waals surface area contributed by atoms with E-state index in [0.29, 0.717) is 52.9 Å². The molecule has 5 rings (SSSR count). The monoisotopic (exact) mass is 509 g/mol. The summed E-state index contributed by atoms with van der Waals surface area (Å²) < 4.78 is 42.4. The maximum Gasteiger partial charge on any atom is 0.264 e. The number of amides is 1. The van der Waals surface area contributed by atoms with Crippen LogP contribution in [0.25, 0.3) is 5.52 Å². The Morgan fingerprint density at radius 2 is 2.08 bits per heavy atom. The minimum absolute atomic E-state index is 0.176. The molecular formula is C25H24FN5O4S. The zero-order valence-corrected chi connectivity index (χ0v) is 20.3. The lowest BCUT2D eigenvalue weighted by atomic mass is 10.2. The van der Waals surface area contributed by atoms with Crippen molar-refractivity contribution in [1.82, 2.24) is 19.3 Å². The second-order valence-electron chi connectivity index (χ2n) is 8.36. The molecule has 2 unspecified atom stereocenters. The number of anilines is 2. The molecule has 0 saturated carbocycles. The van der Waals surface area contributed by atoms with Gasteiger partial charge in [0.1, 0.15) is 29.5 Å². The van der Waals surface area contributed by atoms with Crippen LogP contribution in [0.4, 0.5) is 15.9 Å². The summed E-state index contributed by atoms with van der Waals surface area (Å²) in [5, 5.41) is 7.39. The fraction of sp³-hybridized carbons (Fsp3) is 0.200. The quantitative estimate of drug-likeness (QED) is 0.367. The average Bonchev–Trinajstić information content (AvgIpc) is 3.49. The van der Waals surface area contributed by atoms with E-state index in [1.54, 1.807) is 43.3 Å². The molecule has 1 aliphatic heterocycles. The van der Waals surface area contributed by atoms with Gasteiger partial charge in [-0.2, -0.15) is 5.10 Å². The van der Waals surface area contributed by atoms with Gasteiger partial charge in [0.25, 0.3) is 5.91 Å². The Morgan fingerprint density at radius 1 is 1.28 bits per heavy atom. The van der Waals surface area contributed by atoms with Gasteiger partial charge in [0, 0.05) is 23.6 Å². The summed E-state index contributed by atoms with van der Waals surface area (Å²) in [4.78, 5) is 17.8. The largest absolute Gasteiger partial charge is 0.486 e. The SMILES string of the molecule is C=S(=O)(NC(=O)c1cn2ncnc(Nc3ccc(F)cc3OC3CCOC3)c2c1C)c1ccccc1. The molecule has 4 aromatic rings. The Bertz CT molecular complexity index is 1530. The van der Waals surface area contributed by atoms with Crippen LogP contribution in [0.1, 0.15) is 22.3 Å². The molecule has 0 aliphatic carbocycles. The fourth-order valence-electron chi connectivity index (χ4n) is 3.99. The number of nitrogens with zero attached hydrogens (tertiary/aromatic N) is 3. The topological polar surface area (TPSA) is 107 Å². The van der Waals surface area contributed by atoms with E-state index in [-0.39, 0.29) is 11.7 Å². The van der Waals surface area contributed by atoms with Gasteiger partial charge in [-0.05, 0) is 42.6 Å².